The molecule has 0 unspecified atom stereocenters. The third-order valence-corrected chi connectivity index (χ3v) is 4.03. The molecule has 0 saturated carbocycles. The Balaban J connectivity index is 1.90. The first-order chi connectivity index (χ1) is 10.6. The van der Waals surface area contributed by atoms with E-state index in [1.807, 2.05) is 44.2 Å². The van der Waals surface area contributed by atoms with E-state index in [0.29, 0.717) is 0 Å². The number of fused-ring (bicyclic) bond motifs is 1. The number of carbonyl (C=O) groups excluding carboxylic acids is 1. The number of carbonyl (C=O) groups is 1. The van der Waals surface area contributed by atoms with Crippen LogP contribution < -0.4 is 0 Å². The zero-order chi connectivity index (χ0) is 15.7. The molecule has 0 fully saturated rings. The van der Waals surface area contributed by atoms with Gasteiger partial charge in [0.05, 0.1) is 5.52 Å². The number of hydrogen-bond donors (Lipinski definition) is 0. The Morgan fingerprint density at radius 1 is 1.23 bits per heavy atom. The van der Waals surface area contributed by atoms with E-state index in [1.54, 1.807) is 4.68 Å². The molecule has 114 valence electrons. The van der Waals surface area contributed by atoms with Crippen LogP contribution in [-0.2, 0) is 13.1 Å². The maximum atomic E-state index is 12.6. The lowest BCUT2D eigenvalue weighted by molar-refractivity contribution is 0.0968. The highest BCUT2D eigenvalue weighted by molar-refractivity contribution is 5.97. The number of aromatic nitrogens is 4. The second-order valence-electron chi connectivity index (χ2n) is 5.60. The number of ketones is 1. The van der Waals surface area contributed by atoms with Crippen molar-refractivity contribution in [3.63, 3.8) is 0 Å². The van der Waals surface area contributed by atoms with Crippen LogP contribution in [0, 0.1) is 13.8 Å². The highest BCUT2D eigenvalue weighted by atomic mass is 16.1. The van der Waals surface area contributed by atoms with E-state index in [1.165, 1.54) is 0 Å². The van der Waals surface area contributed by atoms with Gasteiger partial charge in [0.2, 0.25) is 0 Å². The first-order valence-corrected chi connectivity index (χ1v) is 7.60. The van der Waals surface area contributed by atoms with Gasteiger partial charge < -0.3 is 4.57 Å². The van der Waals surface area contributed by atoms with Gasteiger partial charge >= 0.3 is 0 Å². The first kappa shape index (κ1) is 14.5. The largest absolute Gasteiger partial charge is 0.348 e. The third kappa shape index (κ3) is 2.43. The van der Waals surface area contributed by atoms with Crippen LogP contribution in [0.15, 0.2) is 30.3 Å². The van der Waals surface area contributed by atoms with Gasteiger partial charge in [0.1, 0.15) is 12.1 Å². The Morgan fingerprint density at radius 3 is 2.77 bits per heavy atom. The molecule has 2 heterocycles. The van der Waals surface area contributed by atoms with Crippen LogP contribution in [0.25, 0.3) is 11.0 Å². The molecule has 0 bridgehead atoms. The van der Waals surface area contributed by atoms with E-state index in [-0.39, 0.29) is 12.3 Å². The minimum atomic E-state index is 0.0751. The average molecular weight is 296 g/mol. The summed E-state index contributed by atoms with van der Waals surface area (Å²) in [6.45, 7) is 7.36. The van der Waals surface area contributed by atoms with Gasteiger partial charge in [-0.1, -0.05) is 24.3 Å². The quantitative estimate of drug-likeness (QED) is 0.680. The van der Waals surface area contributed by atoms with Gasteiger partial charge in [-0.2, -0.15) is 0 Å². The summed E-state index contributed by atoms with van der Waals surface area (Å²) in [4.78, 5) is 12.6. The summed E-state index contributed by atoms with van der Waals surface area (Å²) in [6, 6.07) is 9.66. The van der Waals surface area contributed by atoms with E-state index in [9.17, 15) is 4.79 Å². The number of benzene rings is 1. The van der Waals surface area contributed by atoms with Crippen LogP contribution in [0.3, 0.4) is 0 Å². The summed E-state index contributed by atoms with van der Waals surface area (Å²) in [6.07, 6.45) is 1.05. The van der Waals surface area contributed by atoms with E-state index in [0.717, 1.165) is 41.0 Å². The second kappa shape index (κ2) is 5.75. The number of nitrogens with zero attached hydrogens (tertiary/aromatic N) is 4. The van der Waals surface area contributed by atoms with Crippen LogP contribution in [0.4, 0.5) is 0 Å². The van der Waals surface area contributed by atoms with Crippen molar-refractivity contribution in [2.24, 2.45) is 0 Å². The third-order valence-electron chi connectivity index (χ3n) is 4.03. The fourth-order valence-electron chi connectivity index (χ4n) is 2.91. The normalized spacial score (nSPS) is 11.2. The molecule has 0 radical (unpaired) electrons. The second-order valence-corrected chi connectivity index (χ2v) is 5.60. The summed E-state index contributed by atoms with van der Waals surface area (Å²) in [5.74, 6) is 0.0751. The molecule has 0 aliphatic carbocycles. The van der Waals surface area contributed by atoms with Crippen molar-refractivity contribution in [1.82, 2.24) is 19.6 Å². The molecule has 0 atom stereocenters. The van der Waals surface area contributed by atoms with E-state index in [2.05, 4.69) is 21.8 Å². The number of para-hydroxylation sites is 1. The first-order valence-electron chi connectivity index (χ1n) is 7.60. The van der Waals surface area contributed by atoms with Crippen molar-refractivity contribution in [2.75, 3.05) is 0 Å². The summed E-state index contributed by atoms with van der Waals surface area (Å²) < 4.78 is 3.87. The molecule has 3 rings (SSSR count). The number of hydrogen-bond acceptors (Lipinski definition) is 3. The lowest BCUT2D eigenvalue weighted by Gasteiger charge is -2.07. The average Bonchev–Trinajstić information content (AvgIpc) is 3.04. The Bertz CT molecular complexity index is 828. The van der Waals surface area contributed by atoms with Gasteiger partial charge in [0.25, 0.3) is 0 Å². The zero-order valence-electron chi connectivity index (χ0n) is 13.2. The van der Waals surface area contributed by atoms with Crippen LogP contribution in [0.5, 0.6) is 0 Å². The van der Waals surface area contributed by atoms with Crippen molar-refractivity contribution >= 4 is 16.8 Å². The minimum absolute atomic E-state index is 0.0751. The highest BCUT2D eigenvalue weighted by Crippen LogP contribution is 2.18. The van der Waals surface area contributed by atoms with Gasteiger partial charge in [0.15, 0.2) is 5.78 Å². The van der Waals surface area contributed by atoms with E-state index < -0.39 is 0 Å². The lowest BCUT2D eigenvalue weighted by Crippen LogP contribution is -2.13. The number of rotatable bonds is 5. The molecule has 0 N–H and O–H groups in total. The van der Waals surface area contributed by atoms with Crippen LogP contribution >= 0.6 is 0 Å². The topological polar surface area (TPSA) is 52.7 Å². The summed E-state index contributed by atoms with van der Waals surface area (Å²) >= 11 is 0. The fraction of sp³-hybridized carbons (Fsp3) is 0.353. The van der Waals surface area contributed by atoms with Crippen molar-refractivity contribution in [1.29, 1.82) is 0 Å². The van der Waals surface area contributed by atoms with Gasteiger partial charge in [-0.15, -0.1) is 5.10 Å². The van der Waals surface area contributed by atoms with E-state index >= 15 is 0 Å². The fourth-order valence-corrected chi connectivity index (χ4v) is 2.91. The highest BCUT2D eigenvalue weighted by Gasteiger charge is 2.17. The molecule has 0 saturated heterocycles. The molecule has 0 amide bonds. The molecule has 5 nitrogen and oxygen atoms in total. The molecule has 1 aromatic carbocycles. The molecule has 2 aromatic heterocycles. The van der Waals surface area contributed by atoms with Crippen molar-refractivity contribution < 1.29 is 4.79 Å². The molecular formula is C17H20N4O. The van der Waals surface area contributed by atoms with Crippen molar-refractivity contribution in [3.05, 3.63) is 47.3 Å². The Morgan fingerprint density at radius 2 is 2.00 bits per heavy atom. The van der Waals surface area contributed by atoms with Crippen LogP contribution in [0.1, 0.15) is 35.1 Å². The lowest BCUT2D eigenvalue weighted by atomic mass is 10.1. The van der Waals surface area contributed by atoms with E-state index in [4.69, 9.17) is 0 Å². The molecule has 3 aromatic rings. The molecule has 0 aliphatic heterocycles. The molecule has 0 spiro atoms. The van der Waals surface area contributed by atoms with Crippen LogP contribution in [-0.4, -0.2) is 25.3 Å². The minimum Gasteiger partial charge on any atom is -0.348 e. The zero-order valence-corrected chi connectivity index (χ0v) is 13.2. The standard InChI is InChI=1S/C17H20N4O/c1-4-9-20-12(2)10-14(13(20)3)17(22)11-21-16-8-6-5-7-15(16)18-19-21/h5-8,10H,4,9,11H2,1-3H3. The molecule has 0 aliphatic rings. The summed E-state index contributed by atoms with van der Waals surface area (Å²) in [7, 11) is 0. The van der Waals surface area contributed by atoms with Gasteiger partial charge in [-0.25, -0.2) is 4.68 Å². The van der Waals surface area contributed by atoms with Gasteiger partial charge in [0, 0.05) is 23.5 Å². The van der Waals surface area contributed by atoms with Crippen molar-refractivity contribution in [3.8, 4) is 0 Å². The van der Waals surface area contributed by atoms with Gasteiger partial charge in [-0.3, -0.25) is 4.79 Å². The predicted octanol–water partition coefficient (Wildman–Crippen LogP) is 3.14. The molecule has 22 heavy (non-hydrogen) atoms. The van der Waals surface area contributed by atoms with Crippen LogP contribution in [0.2, 0.25) is 0 Å². The smallest absolute Gasteiger partial charge is 0.186 e. The Kier molecular flexibility index (Phi) is 3.79. The molecule has 5 heteroatoms. The van der Waals surface area contributed by atoms with Gasteiger partial charge in [-0.05, 0) is 38.5 Å². The predicted molar refractivity (Wildman–Crippen MR) is 86.1 cm³/mol. The summed E-state index contributed by atoms with van der Waals surface area (Å²) in [5.41, 5.74) is 4.65. The molecular weight excluding hydrogens is 276 g/mol. The summed E-state index contributed by atoms with van der Waals surface area (Å²) in [5, 5.41) is 8.19. The monoisotopic (exact) mass is 296 g/mol. The SMILES string of the molecule is CCCn1c(C)cc(C(=O)Cn2nnc3ccccc32)c1C. The number of Topliss-reactive ketones (excluding diaryl/α,β-unsaturated/α-hetero) is 1. The van der Waals surface area contributed by atoms with Crippen molar-refractivity contribution in [2.45, 2.75) is 40.3 Å². The maximum absolute atomic E-state index is 12.6. The Hall–Kier alpha value is -2.43. The number of aryl methyl sites for hydroxylation is 1. The maximum Gasteiger partial charge on any atom is 0.186 e. The Labute approximate surface area is 129 Å².